The summed E-state index contributed by atoms with van der Waals surface area (Å²) in [5.41, 5.74) is 1.82. The first-order valence-corrected chi connectivity index (χ1v) is 9.79. The average Bonchev–Trinajstić information content (AvgIpc) is 3.16. The Hall–Kier alpha value is -2.95. The minimum atomic E-state index is -3.56. The molecule has 1 N–H and O–H groups in total. The molecule has 10 heteroatoms. The van der Waals surface area contributed by atoms with Crippen molar-refractivity contribution in [2.45, 2.75) is 11.4 Å². The van der Waals surface area contributed by atoms with Crippen LogP contribution in [0.4, 0.5) is 0 Å². The van der Waals surface area contributed by atoms with Crippen molar-refractivity contribution in [2.24, 2.45) is 0 Å². The van der Waals surface area contributed by atoms with Gasteiger partial charge in [0.2, 0.25) is 15.8 Å². The lowest BCUT2D eigenvalue weighted by Crippen LogP contribution is -2.22. The predicted octanol–water partition coefficient (Wildman–Crippen LogP) is 0.814. The van der Waals surface area contributed by atoms with Crippen molar-refractivity contribution >= 4 is 15.8 Å². The molecule has 0 atom stereocenters. The molecule has 0 spiro atoms. The monoisotopic (exact) mass is 401 g/mol. The molecule has 1 aromatic heterocycles. The highest BCUT2D eigenvalue weighted by Gasteiger charge is 2.18. The van der Waals surface area contributed by atoms with Gasteiger partial charge in [0.25, 0.3) is 0 Å². The van der Waals surface area contributed by atoms with Gasteiger partial charge in [0.05, 0.1) is 11.4 Å². The van der Waals surface area contributed by atoms with Gasteiger partial charge < -0.3 is 5.11 Å². The van der Waals surface area contributed by atoms with E-state index in [0.717, 1.165) is 9.87 Å². The summed E-state index contributed by atoms with van der Waals surface area (Å²) in [5, 5.41) is 21.2. The summed E-state index contributed by atoms with van der Waals surface area (Å²) in [4.78, 5) is 13.0. The first-order valence-electron chi connectivity index (χ1n) is 8.35. The van der Waals surface area contributed by atoms with Crippen LogP contribution in [-0.4, -0.2) is 64.5 Å². The number of tetrazole rings is 1. The van der Waals surface area contributed by atoms with Gasteiger partial charge in [-0.2, -0.15) is 4.80 Å². The van der Waals surface area contributed by atoms with Gasteiger partial charge in [-0.15, -0.1) is 10.2 Å². The second-order valence-corrected chi connectivity index (χ2v) is 8.39. The molecular weight excluding hydrogens is 382 g/mol. The van der Waals surface area contributed by atoms with Crippen LogP contribution >= 0.6 is 0 Å². The normalized spacial score (nSPS) is 11.7. The van der Waals surface area contributed by atoms with Crippen LogP contribution in [0.3, 0.4) is 0 Å². The lowest BCUT2D eigenvalue weighted by molar-refractivity contribution is 0.0903. The van der Waals surface area contributed by atoms with E-state index in [1.165, 1.54) is 31.0 Å². The Morgan fingerprint density at radius 3 is 2.50 bits per heavy atom. The zero-order valence-electron chi connectivity index (χ0n) is 15.3. The van der Waals surface area contributed by atoms with Crippen molar-refractivity contribution in [1.82, 2.24) is 24.5 Å². The number of aromatic nitrogens is 4. The third-order valence-corrected chi connectivity index (χ3v) is 5.88. The summed E-state index contributed by atoms with van der Waals surface area (Å²) in [6.45, 7) is -0.202. The molecule has 0 amide bonds. The Labute approximate surface area is 162 Å². The van der Waals surface area contributed by atoms with Crippen molar-refractivity contribution in [3.63, 3.8) is 0 Å². The quantitative estimate of drug-likeness (QED) is 0.582. The van der Waals surface area contributed by atoms with Crippen molar-refractivity contribution < 1.29 is 18.3 Å². The van der Waals surface area contributed by atoms with Gasteiger partial charge in [-0.05, 0) is 22.9 Å². The molecule has 0 saturated carbocycles. The highest BCUT2D eigenvalue weighted by molar-refractivity contribution is 7.89. The van der Waals surface area contributed by atoms with Gasteiger partial charge in [0.1, 0.15) is 6.61 Å². The van der Waals surface area contributed by atoms with E-state index in [-0.39, 0.29) is 10.7 Å². The second-order valence-electron chi connectivity index (χ2n) is 6.24. The maximum atomic E-state index is 12.3. The molecule has 1 heterocycles. The molecule has 0 bridgehead atoms. The molecule has 3 aromatic rings. The van der Waals surface area contributed by atoms with Crippen LogP contribution < -0.4 is 0 Å². The molecule has 28 heavy (non-hydrogen) atoms. The van der Waals surface area contributed by atoms with Crippen LogP contribution in [0.5, 0.6) is 0 Å². The SMILES string of the molecule is CN(C)S(=O)(=O)c1cccc(-c2nnn(Cc3ccc(C(=O)CO)cc3)n2)c1. The molecule has 146 valence electrons. The standard InChI is InChI=1S/C18H19N5O4S/c1-22(2)28(26,27)16-5-3-4-15(10-16)18-19-21-23(20-18)11-13-6-8-14(9-7-13)17(25)12-24/h3-10,24H,11-12H2,1-2H3. The van der Waals surface area contributed by atoms with Crippen molar-refractivity contribution in [3.05, 3.63) is 59.7 Å². The van der Waals surface area contributed by atoms with Crippen LogP contribution in [0.2, 0.25) is 0 Å². The van der Waals surface area contributed by atoms with E-state index in [1.807, 2.05) is 0 Å². The van der Waals surface area contributed by atoms with Gasteiger partial charge in [-0.25, -0.2) is 12.7 Å². The summed E-state index contributed by atoms with van der Waals surface area (Å²) in [6.07, 6.45) is 0. The first kappa shape index (κ1) is 19.8. The Morgan fingerprint density at radius 2 is 1.86 bits per heavy atom. The van der Waals surface area contributed by atoms with Crippen LogP contribution in [0.15, 0.2) is 53.4 Å². The Kier molecular flexibility index (Phi) is 5.63. The lowest BCUT2D eigenvalue weighted by Gasteiger charge is -2.11. The minimum absolute atomic E-state index is 0.149. The number of benzene rings is 2. The van der Waals surface area contributed by atoms with Gasteiger partial charge in [-0.1, -0.05) is 36.4 Å². The molecule has 0 radical (unpaired) electrons. The largest absolute Gasteiger partial charge is 0.388 e. The molecule has 0 aliphatic heterocycles. The summed E-state index contributed by atoms with van der Waals surface area (Å²) in [5.74, 6) is -0.0387. The van der Waals surface area contributed by atoms with Crippen molar-refractivity contribution in [2.75, 3.05) is 20.7 Å². The second kappa shape index (κ2) is 7.97. The minimum Gasteiger partial charge on any atom is -0.388 e. The third-order valence-electron chi connectivity index (χ3n) is 4.07. The van der Waals surface area contributed by atoms with Crippen LogP contribution in [0.1, 0.15) is 15.9 Å². The van der Waals surface area contributed by atoms with Gasteiger partial charge in [0, 0.05) is 25.2 Å². The Morgan fingerprint density at radius 1 is 1.14 bits per heavy atom. The number of hydrogen-bond acceptors (Lipinski definition) is 7. The number of hydrogen-bond donors (Lipinski definition) is 1. The molecule has 0 fully saturated rings. The highest BCUT2D eigenvalue weighted by atomic mass is 32.2. The van der Waals surface area contributed by atoms with Crippen LogP contribution in [0, 0.1) is 0 Å². The maximum Gasteiger partial charge on any atom is 0.242 e. The lowest BCUT2D eigenvalue weighted by atomic mass is 10.1. The van der Waals surface area contributed by atoms with E-state index >= 15 is 0 Å². The van der Waals surface area contributed by atoms with E-state index in [0.29, 0.717) is 23.5 Å². The van der Waals surface area contributed by atoms with Gasteiger partial charge in [0.15, 0.2) is 5.78 Å². The zero-order chi connectivity index (χ0) is 20.3. The highest BCUT2D eigenvalue weighted by Crippen LogP contribution is 2.20. The molecule has 2 aromatic carbocycles. The Bertz CT molecular complexity index is 1090. The summed E-state index contributed by atoms with van der Waals surface area (Å²) in [7, 11) is -0.621. The number of nitrogens with zero attached hydrogens (tertiary/aromatic N) is 5. The number of sulfonamides is 1. The van der Waals surface area contributed by atoms with Gasteiger partial charge >= 0.3 is 0 Å². The molecule has 3 rings (SSSR count). The molecule has 9 nitrogen and oxygen atoms in total. The number of aliphatic hydroxyl groups excluding tert-OH is 1. The molecular formula is C18H19N5O4S. The van der Waals surface area contributed by atoms with E-state index < -0.39 is 16.6 Å². The first-order chi connectivity index (χ1) is 13.3. The Balaban J connectivity index is 1.80. The summed E-state index contributed by atoms with van der Waals surface area (Å²) in [6, 6.07) is 13.1. The number of Topliss-reactive ketones (excluding diaryl/α,β-unsaturated/α-hetero) is 1. The molecule has 0 aliphatic rings. The number of rotatable bonds is 7. The van der Waals surface area contributed by atoms with E-state index in [2.05, 4.69) is 15.4 Å². The number of carbonyl (C=O) groups is 1. The topological polar surface area (TPSA) is 118 Å². The van der Waals surface area contributed by atoms with E-state index in [1.54, 1.807) is 36.4 Å². The molecule has 0 saturated heterocycles. The summed E-state index contributed by atoms with van der Waals surface area (Å²) >= 11 is 0. The van der Waals surface area contributed by atoms with E-state index in [9.17, 15) is 13.2 Å². The molecule has 0 aliphatic carbocycles. The van der Waals surface area contributed by atoms with Gasteiger partial charge in [-0.3, -0.25) is 4.79 Å². The van der Waals surface area contributed by atoms with Crippen LogP contribution in [0.25, 0.3) is 11.4 Å². The van der Waals surface area contributed by atoms with E-state index in [4.69, 9.17) is 5.11 Å². The zero-order valence-corrected chi connectivity index (χ0v) is 16.2. The number of aliphatic hydroxyl groups is 1. The number of ketones is 1. The fourth-order valence-electron chi connectivity index (χ4n) is 2.48. The maximum absolute atomic E-state index is 12.3. The van der Waals surface area contributed by atoms with Crippen molar-refractivity contribution in [1.29, 1.82) is 0 Å². The van der Waals surface area contributed by atoms with Crippen molar-refractivity contribution in [3.8, 4) is 11.4 Å². The fourth-order valence-corrected chi connectivity index (χ4v) is 3.43. The third kappa shape index (κ3) is 4.14. The molecule has 0 unspecified atom stereocenters. The summed E-state index contributed by atoms with van der Waals surface area (Å²) < 4.78 is 25.7. The fraction of sp³-hybridized carbons (Fsp3) is 0.222. The number of carbonyl (C=O) groups excluding carboxylic acids is 1. The van der Waals surface area contributed by atoms with Crippen LogP contribution in [-0.2, 0) is 16.6 Å². The predicted molar refractivity (Wildman–Crippen MR) is 101 cm³/mol. The smallest absolute Gasteiger partial charge is 0.242 e. The average molecular weight is 401 g/mol.